The van der Waals surface area contributed by atoms with Crippen molar-refractivity contribution >= 4 is 43.5 Å². The number of carbonyl (C=O) groups excluding carboxylic acids is 2. The predicted octanol–water partition coefficient (Wildman–Crippen LogP) is 4.84. The lowest BCUT2D eigenvalue weighted by Crippen LogP contribution is -2.51. The number of nitrogens with one attached hydrogen (secondary N) is 1. The number of para-hydroxylation sites is 2. The Kier molecular flexibility index (Phi) is 10.5. The molecule has 0 bridgehead atoms. The van der Waals surface area contributed by atoms with E-state index in [1.54, 1.807) is 49.4 Å². The zero-order valence-electron chi connectivity index (χ0n) is 22.5. The van der Waals surface area contributed by atoms with Crippen LogP contribution in [-0.2, 0) is 26.2 Å². The Hall–Kier alpha value is -3.37. The third-order valence-corrected chi connectivity index (χ3v) is 8.32. The minimum Gasteiger partial charge on any atom is -0.495 e. The highest BCUT2D eigenvalue weighted by atomic mass is 79.9. The lowest BCUT2D eigenvalue weighted by Gasteiger charge is -2.32. The Labute approximate surface area is 239 Å². The van der Waals surface area contributed by atoms with Crippen LogP contribution >= 0.6 is 15.9 Å². The number of sulfonamides is 1. The van der Waals surface area contributed by atoms with E-state index < -0.39 is 28.5 Å². The van der Waals surface area contributed by atoms with Gasteiger partial charge in [-0.05, 0) is 54.8 Å². The third-order valence-electron chi connectivity index (χ3n) is 6.06. The molecule has 39 heavy (non-hydrogen) atoms. The molecule has 0 saturated carbocycles. The fourth-order valence-corrected chi connectivity index (χ4v) is 5.83. The van der Waals surface area contributed by atoms with Gasteiger partial charge in [0.15, 0.2) is 0 Å². The monoisotopic (exact) mass is 615 g/mol. The topological polar surface area (TPSA) is 96.0 Å². The van der Waals surface area contributed by atoms with Crippen LogP contribution < -0.4 is 14.4 Å². The summed E-state index contributed by atoms with van der Waals surface area (Å²) in [6.45, 7) is 5.64. The van der Waals surface area contributed by atoms with Crippen molar-refractivity contribution in [3.8, 4) is 5.75 Å². The Balaban J connectivity index is 2.04. The second-order valence-corrected chi connectivity index (χ2v) is 12.2. The highest BCUT2D eigenvalue weighted by Crippen LogP contribution is 2.32. The van der Waals surface area contributed by atoms with Gasteiger partial charge in [0.05, 0.1) is 17.7 Å². The summed E-state index contributed by atoms with van der Waals surface area (Å²) in [5, 5.41) is 2.88. The van der Waals surface area contributed by atoms with Crippen molar-refractivity contribution in [3.63, 3.8) is 0 Å². The number of benzene rings is 3. The average molecular weight is 617 g/mol. The lowest BCUT2D eigenvalue weighted by atomic mass is 10.1. The normalized spacial score (nSPS) is 12.1. The molecule has 10 heteroatoms. The second kappa shape index (κ2) is 13.6. The number of methoxy groups -OCH3 is 1. The molecule has 2 amide bonds. The van der Waals surface area contributed by atoms with Crippen LogP contribution in [0.4, 0.5) is 5.69 Å². The van der Waals surface area contributed by atoms with Gasteiger partial charge < -0.3 is 15.0 Å². The lowest BCUT2D eigenvalue weighted by molar-refractivity contribution is -0.139. The second-order valence-electron chi connectivity index (χ2n) is 9.46. The van der Waals surface area contributed by atoms with E-state index in [-0.39, 0.29) is 29.0 Å². The van der Waals surface area contributed by atoms with Gasteiger partial charge in [-0.1, -0.05) is 72.2 Å². The Bertz CT molecular complexity index is 1380. The maximum Gasteiger partial charge on any atom is 0.264 e. The van der Waals surface area contributed by atoms with E-state index in [0.717, 1.165) is 14.3 Å². The van der Waals surface area contributed by atoms with Crippen molar-refractivity contribution in [3.05, 3.63) is 88.9 Å². The van der Waals surface area contributed by atoms with Crippen LogP contribution in [0.3, 0.4) is 0 Å². The van der Waals surface area contributed by atoms with Crippen molar-refractivity contribution in [1.82, 2.24) is 10.2 Å². The van der Waals surface area contributed by atoms with Crippen LogP contribution in [0, 0.1) is 5.92 Å². The number of rotatable bonds is 12. The van der Waals surface area contributed by atoms with E-state index in [1.807, 2.05) is 38.1 Å². The zero-order valence-corrected chi connectivity index (χ0v) is 24.9. The van der Waals surface area contributed by atoms with E-state index in [2.05, 4.69) is 21.2 Å². The van der Waals surface area contributed by atoms with Crippen molar-refractivity contribution in [2.75, 3.05) is 24.5 Å². The number of hydrogen-bond donors (Lipinski definition) is 1. The molecule has 0 fully saturated rings. The zero-order chi connectivity index (χ0) is 28.6. The van der Waals surface area contributed by atoms with E-state index in [9.17, 15) is 18.0 Å². The summed E-state index contributed by atoms with van der Waals surface area (Å²) >= 11 is 3.45. The van der Waals surface area contributed by atoms with Crippen molar-refractivity contribution in [1.29, 1.82) is 0 Å². The number of halogens is 1. The molecule has 0 aliphatic heterocycles. The summed E-state index contributed by atoms with van der Waals surface area (Å²) in [7, 11) is -2.73. The van der Waals surface area contributed by atoms with E-state index >= 15 is 0 Å². The molecule has 1 unspecified atom stereocenters. The predicted molar refractivity (Wildman–Crippen MR) is 156 cm³/mol. The SMILES string of the molecule is COc1ccccc1N(CC(=O)N(Cc1cccc(Br)c1)C(C)C(=O)NCC(C)C)S(=O)(=O)c1ccccc1. The molecule has 3 aromatic carbocycles. The van der Waals surface area contributed by atoms with Crippen molar-refractivity contribution in [2.45, 2.75) is 38.3 Å². The highest BCUT2D eigenvalue weighted by Gasteiger charge is 2.33. The largest absolute Gasteiger partial charge is 0.495 e. The Morgan fingerprint density at radius 2 is 1.62 bits per heavy atom. The molecule has 3 rings (SSSR count). The number of nitrogens with zero attached hydrogens (tertiary/aromatic N) is 2. The molecule has 8 nitrogen and oxygen atoms in total. The summed E-state index contributed by atoms with van der Waals surface area (Å²) in [4.78, 5) is 28.5. The van der Waals surface area contributed by atoms with Crippen molar-refractivity contribution in [2.24, 2.45) is 5.92 Å². The first-order valence-electron chi connectivity index (χ1n) is 12.6. The average Bonchev–Trinajstić information content (AvgIpc) is 2.93. The fourth-order valence-electron chi connectivity index (χ4n) is 3.94. The van der Waals surface area contributed by atoms with Crippen LogP contribution in [0.25, 0.3) is 0 Å². The molecule has 0 saturated heterocycles. The molecule has 0 aromatic heterocycles. The van der Waals surface area contributed by atoms with Gasteiger partial charge in [0.1, 0.15) is 18.3 Å². The third kappa shape index (κ3) is 7.83. The smallest absolute Gasteiger partial charge is 0.264 e. The highest BCUT2D eigenvalue weighted by molar-refractivity contribution is 9.10. The summed E-state index contributed by atoms with van der Waals surface area (Å²) < 4.78 is 35.0. The fraction of sp³-hybridized carbons (Fsp3) is 0.310. The Morgan fingerprint density at radius 1 is 0.949 bits per heavy atom. The standard InChI is InChI=1S/C29H34BrN3O5S/c1-21(2)18-31-29(35)22(3)32(19-23-11-10-12-24(30)17-23)28(34)20-33(26-15-8-9-16-27(26)38-4)39(36,37)25-13-6-5-7-14-25/h5-17,21-22H,18-20H2,1-4H3,(H,31,35). The summed E-state index contributed by atoms with van der Waals surface area (Å²) in [5.74, 6) is -0.326. The summed E-state index contributed by atoms with van der Waals surface area (Å²) in [6, 6.07) is 21.1. The van der Waals surface area contributed by atoms with E-state index in [1.165, 1.54) is 24.1 Å². The molecule has 208 valence electrons. The first-order valence-corrected chi connectivity index (χ1v) is 14.8. The van der Waals surface area contributed by atoms with Gasteiger partial charge in [0.25, 0.3) is 10.0 Å². The quantitative estimate of drug-likeness (QED) is 0.314. The minimum atomic E-state index is -4.16. The minimum absolute atomic E-state index is 0.0324. The van der Waals surface area contributed by atoms with Gasteiger partial charge in [-0.2, -0.15) is 0 Å². The molecule has 0 spiro atoms. The van der Waals surface area contributed by atoms with Crippen LogP contribution in [0.1, 0.15) is 26.3 Å². The molecular weight excluding hydrogens is 582 g/mol. The van der Waals surface area contributed by atoms with E-state index in [4.69, 9.17) is 4.74 Å². The Morgan fingerprint density at radius 3 is 2.26 bits per heavy atom. The first-order chi connectivity index (χ1) is 18.5. The van der Waals surface area contributed by atoms with Gasteiger partial charge in [0.2, 0.25) is 11.8 Å². The first kappa shape index (κ1) is 30.2. The number of hydrogen-bond acceptors (Lipinski definition) is 5. The number of amides is 2. The molecular formula is C29H34BrN3O5S. The van der Waals surface area contributed by atoms with Crippen LogP contribution in [0.2, 0.25) is 0 Å². The van der Waals surface area contributed by atoms with Gasteiger partial charge in [0, 0.05) is 17.6 Å². The molecule has 3 aromatic rings. The molecule has 0 aliphatic carbocycles. The molecule has 0 radical (unpaired) electrons. The van der Waals surface area contributed by atoms with Crippen molar-refractivity contribution < 1.29 is 22.7 Å². The molecule has 0 heterocycles. The maximum absolute atomic E-state index is 14.0. The van der Waals surface area contributed by atoms with Gasteiger partial charge in [-0.3, -0.25) is 13.9 Å². The van der Waals surface area contributed by atoms with Gasteiger partial charge in [-0.25, -0.2) is 8.42 Å². The number of anilines is 1. The summed E-state index contributed by atoms with van der Waals surface area (Å²) in [5.41, 5.74) is 1.01. The van der Waals surface area contributed by atoms with E-state index in [0.29, 0.717) is 12.3 Å². The number of carbonyl (C=O) groups is 2. The van der Waals surface area contributed by atoms with Crippen LogP contribution in [0.5, 0.6) is 5.75 Å². The molecule has 1 N–H and O–H groups in total. The molecule has 0 aliphatic rings. The maximum atomic E-state index is 14.0. The van der Waals surface area contributed by atoms with Gasteiger partial charge in [-0.15, -0.1) is 0 Å². The van der Waals surface area contributed by atoms with Crippen LogP contribution in [0.15, 0.2) is 88.2 Å². The summed E-state index contributed by atoms with van der Waals surface area (Å²) in [6.07, 6.45) is 0. The number of ether oxygens (including phenoxy) is 1. The van der Waals surface area contributed by atoms with Crippen LogP contribution in [-0.4, -0.2) is 51.4 Å². The van der Waals surface area contributed by atoms with Gasteiger partial charge >= 0.3 is 0 Å². The molecule has 1 atom stereocenters.